The van der Waals surface area contributed by atoms with Crippen molar-refractivity contribution in [1.82, 2.24) is 18.9 Å². The number of benzene rings is 7. The summed E-state index contributed by atoms with van der Waals surface area (Å²) in [7, 11) is 0. The Balaban J connectivity index is 1.03. The molecule has 0 saturated heterocycles. The van der Waals surface area contributed by atoms with Gasteiger partial charge < -0.3 is 23.4 Å². The SMILES string of the molecule is c1ccc(N2CN(c3cc(Oc4ccc5c(c4)n(-c4ccccn4)c4nc6ccccc6n54)c4oc5cc6oc7ccccc7c6cc5c4c3)c3ccccc32)cc1. The van der Waals surface area contributed by atoms with Gasteiger partial charge in [0.25, 0.3) is 0 Å². The maximum absolute atomic E-state index is 7.01. The number of imidazole rings is 2. The van der Waals surface area contributed by atoms with Gasteiger partial charge in [0.05, 0.1) is 33.4 Å². The van der Waals surface area contributed by atoms with Gasteiger partial charge in [-0.3, -0.25) is 8.97 Å². The third-order valence-corrected chi connectivity index (χ3v) is 11.4. The van der Waals surface area contributed by atoms with Crippen molar-refractivity contribution in [3.63, 3.8) is 0 Å². The van der Waals surface area contributed by atoms with E-state index in [4.69, 9.17) is 23.5 Å². The molecule has 0 radical (unpaired) electrons. The molecule has 58 heavy (non-hydrogen) atoms. The summed E-state index contributed by atoms with van der Waals surface area (Å²) in [6.07, 6.45) is 1.80. The first-order chi connectivity index (χ1) is 28.7. The Morgan fingerprint density at radius 2 is 1.28 bits per heavy atom. The second-order valence-electron chi connectivity index (χ2n) is 14.7. The van der Waals surface area contributed by atoms with Gasteiger partial charge in [-0.2, -0.15) is 0 Å². The van der Waals surface area contributed by atoms with E-state index < -0.39 is 0 Å². The zero-order chi connectivity index (χ0) is 37.9. The molecule has 0 bridgehead atoms. The normalized spacial score (nSPS) is 13.0. The highest BCUT2D eigenvalue weighted by molar-refractivity contribution is 6.16. The summed E-state index contributed by atoms with van der Waals surface area (Å²) in [5.41, 5.74) is 11.2. The molecule has 274 valence electrons. The minimum atomic E-state index is 0.603. The Labute approximate surface area is 329 Å². The van der Waals surface area contributed by atoms with Crippen LogP contribution >= 0.6 is 0 Å². The van der Waals surface area contributed by atoms with E-state index in [2.05, 4.69) is 116 Å². The third-order valence-electron chi connectivity index (χ3n) is 11.4. The molecule has 1 aliphatic heterocycles. The van der Waals surface area contributed by atoms with Gasteiger partial charge in [-0.05, 0) is 78.9 Å². The van der Waals surface area contributed by atoms with E-state index in [1.54, 1.807) is 6.20 Å². The lowest BCUT2D eigenvalue weighted by atomic mass is 10.1. The molecule has 9 heteroatoms. The van der Waals surface area contributed by atoms with Gasteiger partial charge in [0.1, 0.15) is 35.0 Å². The Kier molecular flexibility index (Phi) is 6.31. The Hall–Kier alpha value is -8.04. The number of fused-ring (bicyclic) bond motifs is 12. The zero-order valence-electron chi connectivity index (χ0n) is 30.8. The van der Waals surface area contributed by atoms with E-state index in [-0.39, 0.29) is 0 Å². The van der Waals surface area contributed by atoms with Crippen LogP contribution in [-0.2, 0) is 0 Å². The number of ether oxygens (including phenoxy) is 1. The van der Waals surface area contributed by atoms with Crippen LogP contribution in [0.3, 0.4) is 0 Å². The summed E-state index contributed by atoms with van der Waals surface area (Å²) >= 11 is 0. The number of hydrogen-bond donors (Lipinski definition) is 0. The van der Waals surface area contributed by atoms with Crippen LogP contribution in [0.2, 0.25) is 0 Å². The van der Waals surface area contributed by atoms with Crippen molar-refractivity contribution in [3.05, 3.63) is 170 Å². The van der Waals surface area contributed by atoms with Crippen LogP contribution in [0.15, 0.2) is 179 Å². The van der Waals surface area contributed by atoms with Crippen LogP contribution in [0.5, 0.6) is 11.5 Å². The van der Waals surface area contributed by atoms with Crippen LogP contribution in [-0.4, -0.2) is 25.6 Å². The van der Waals surface area contributed by atoms with Crippen molar-refractivity contribution in [3.8, 4) is 17.3 Å². The second kappa shape index (κ2) is 11.7. The first-order valence-electron chi connectivity index (χ1n) is 19.3. The number of aromatic nitrogens is 4. The standard InChI is InChI=1S/C49H30N6O3/c1-2-12-30(13-3-1)52-29-53(40-18-8-7-17-39(40)52)31-24-36-35-27-34-33-14-4-9-19-43(33)57-44(34)28-45(35)58-48(36)46(25-31)56-32-21-22-41-42(26-32)55(47-20-10-11-23-50-47)49-51-37-15-5-6-16-38(37)54(41)49/h1-28H,29H2. The summed E-state index contributed by atoms with van der Waals surface area (Å²) in [6, 6.07) is 56.0. The van der Waals surface area contributed by atoms with E-state index in [1.807, 2.05) is 66.7 Å². The fraction of sp³-hybridized carbons (Fsp3) is 0.0204. The smallest absolute Gasteiger partial charge is 0.221 e. The Bertz CT molecular complexity index is 3600. The number of furan rings is 2. The molecule has 5 aromatic heterocycles. The molecule has 13 rings (SSSR count). The first-order valence-corrected chi connectivity index (χ1v) is 19.3. The number of nitrogens with zero attached hydrogens (tertiary/aromatic N) is 6. The van der Waals surface area contributed by atoms with Crippen molar-refractivity contribution in [2.45, 2.75) is 0 Å². The van der Waals surface area contributed by atoms with Crippen LogP contribution in [0, 0.1) is 0 Å². The summed E-state index contributed by atoms with van der Waals surface area (Å²) < 4.78 is 24.3. The van der Waals surface area contributed by atoms with Crippen molar-refractivity contribution in [1.29, 1.82) is 0 Å². The van der Waals surface area contributed by atoms with Gasteiger partial charge in [-0.25, -0.2) is 9.97 Å². The van der Waals surface area contributed by atoms with Crippen molar-refractivity contribution in [2.75, 3.05) is 16.5 Å². The van der Waals surface area contributed by atoms with E-state index in [0.29, 0.717) is 23.8 Å². The Morgan fingerprint density at radius 3 is 2.16 bits per heavy atom. The lowest BCUT2D eigenvalue weighted by molar-refractivity contribution is 0.477. The average Bonchev–Trinajstić information content (AvgIpc) is 4.08. The topological polar surface area (TPSA) is 77.1 Å². The number of hydrogen-bond acceptors (Lipinski definition) is 7. The first kappa shape index (κ1) is 31.2. The molecule has 9 nitrogen and oxygen atoms in total. The minimum Gasteiger partial charge on any atom is -0.456 e. The molecule has 0 N–H and O–H groups in total. The van der Waals surface area contributed by atoms with Gasteiger partial charge in [0.2, 0.25) is 5.78 Å². The van der Waals surface area contributed by atoms with Gasteiger partial charge in [0.15, 0.2) is 11.3 Å². The summed E-state index contributed by atoms with van der Waals surface area (Å²) in [4.78, 5) is 14.5. The Morgan fingerprint density at radius 1 is 0.517 bits per heavy atom. The highest BCUT2D eigenvalue weighted by Gasteiger charge is 2.30. The van der Waals surface area contributed by atoms with Crippen molar-refractivity contribution in [2.24, 2.45) is 0 Å². The molecule has 0 amide bonds. The molecule has 6 heterocycles. The summed E-state index contributed by atoms with van der Waals surface area (Å²) in [5, 5.41) is 4.05. The predicted octanol–water partition coefficient (Wildman–Crippen LogP) is 12.7. The number of pyridine rings is 1. The molecule has 0 atom stereocenters. The van der Waals surface area contributed by atoms with E-state index in [1.165, 1.54) is 0 Å². The molecule has 0 unspecified atom stereocenters. The maximum Gasteiger partial charge on any atom is 0.221 e. The van der Waals surface area contributed by atoms with Crippen LogP contribution in [0.1, 0.15) is 0 Å². The predicted molar refractivity (Wildman–Crippen MR) is 230 cm³/mol. The van der Waals surface area contributed by atoms with E-state index >= 15 is 0 Å². The van der Waals surface area contributed by atoms with Crippen LogP contribution < -0.4 is 14.5 Å². The molecule has 0 fully saturated rings. The molecular weight excluding hydrogens is 721 g/mol. The quantitative estimate of drug-likeness (QED) is 0.173. The molecular formula is C49H30N6O3. The van der Waals surface area contributed by atoms with Crippen LogP contribution in [0.25, 0.3) is 77.5 Å². The van der Waals surface area contributed by atoms with Crippen LogP contribution in [0.4, 0.5) is 22.7 Å². The minimum absolute atomic E-state index is 0.603. The van der Waals surface area contributed by atoms with Crippen molar-refractivity contribution >= 4 is 94.5 Å². The zero-order valence-corrected chi connectivity index (χ0v) is 30.8. The molecule has 7 aromatic carbocycles. The lowest BCUT2D eigenvalue weighted by Gasteiger charge is -2.22. The average molecular weight is 751 g/mol. The van der Waals surface area contributed by atoms with E-state index in [9.17, 15) is 0 Å². The molecule has 0 saturated carbocycles. The molecule has 0 spiro atoms. The largest absolute Gasteiger partial charge is 0.456 e. The van der Waals surface area contributed by atoms with Gasteiger partial charge in [-0.15, -0.1) is 0 Å². The number of para-hydroxylation sites is 6. The second-order valence-corrected chi connectivity index (χ2v) is 14.7. The fourth-order valence-electron chi connectivity index (χ4n) is 8.83. The highest BCUT2D eigenvalue weighted by atomic mass is 16.5. The summed E-state index contributed by atoms with van der Waals surface area (Å²) in [5.74, 6) is 2.80. The third kappa shape index (κ3) is 4.46. The summed E-state index contributed by atoms with van der Waals surface area (Å²) in [6.45, 7) is 0.623. The monoisotopic (exact) mass is 750 g/mol. The van der Waals surface area contributed by atoms with E-state index in [0.717, 1.165) is 94.7 Å². The molecule has 12 aromatic rings. The van der Waals surface area contributed by atoms with Gasteiger partial charge >= 0.3 is 0 Å². The van der Waals surface area contributed by atoms with Crippen molar-refractivity contribution < 1.29 is 13.6 Å². The number of anilines is 4. The fourth-order valence-corrected chi connectivity index (χ4v) is 8.83. The highest BCUT2D eigenvalue weighted by Crippen LogP contribution is 2.48. The number of rotatable bonds is 5. The molecule has 1 aliphatic rings. The van der Waals surface area contributed by atoms with Gasteiger partial charge in [0, 0.05) is 57.3 Å². The maximum atomic E-state index is 7.01. The lowest BCUT2D eigenvalue weighted by Crippen LogP contribution is -2.23. The molecule has 0 aliphatic carbocycles. The van der Waals surface area contributed by atoms with Gasteiger partial charge in [-0.1, -0.05) is 66.7 Å².